The number of thioether (sulfide) groups is 1. The van der Waals surface area contributed by atoms with Crippen LogP contribution < -0.4 is 4.90 Å². The molecular weight excluding hydrogens is 500 g/mol. The molecule has 0 bridgehead atoms. The zero-order valence-corrected chi connectivity index (χ0v) is 24.3. The molecule has 3 aromatic rings. The topological polar surface area (TPSA) is 60.7 Å². The van der Waals surface area contributed by atoms with Gasteiger partial charge in [0.1, 0.15) is 7.05 Å². The van der Waals surface area contributed by atoms with Gasteiger partial charge in [0.15, 0.2) is 5.71 Å². The summed E-state index contributed by atoms with van der Waals surface area (Å²) in [6.45, 7) is 9.23. The van der Waals surface area contributed by atoms with E-state index in [-0.39, 0.29) is 10.8 Å². The molecule has 2 aliphatic heterocycles. The summed E-state index contributed by atoms with van der Waals surface area (Å²) in [4.78, 5) is 3.54. The predicted molar refractivity (Wildman–Crippen MR) is 160 cm³/mol. The number of nitrogens with one attached hydrogen (secondary N) is 1. The fraction of sp³-hybridized carbons (Fsp3) is 0.312. The van der Waals surface area contributed by atoms with Gasteiger partial charge in [-0.2, -0.15) is 9.79 Å². The van der Waals surface area contributed by atoms with Gasteiger partial charge in [-0.15, -0.1) is 10.2 Å². The van der Waals surface area contributed by atoms with Gasteiger partial charge in [-0.3, -0.25) is 0 Å². The van der Waals surface area contributed by atoms with Crippen molar-refractivity contribution in [1.29, 1.82) is 0 Å². The van der Waals surface area contributed by atoms with Crippen molar-refractivity contribution in [2.45, 2.75) is 56.5 Å². The van der Waals surface area contributed by atoms with Crippen molar-refractivity contribution in [3.05, 3.63) is 106 Å². The van der Waals surface area contributed by atoms with Crippen LogP contribution in [-0.4, -0.2) is 45.0 Å². The Morgan fingerprint density at radius 1 is 0.923 bits per heavy atom. The second-order valence-corrected chi connectivity index (χ2v) is 12.5. The average molecular weight is 536 g/mol. The summed E-state index contributed by atoms with van der Waals surface area (Å²) in [5.74, 6) is 0. The molecule has 0 radical (unpaired) electrons. The number of nitrogens with zero attached hydrogens (tertiary/aromatic N) is 5. The maximum Gasteiger partial charge on any atom is 0.235 e. The Morgan fingerprint density at radius 2 is 1.67 bits per heavy atom. The van der Waals surface area contributed by atoms with Gasteiger partial charge < -0.3 is 4.90 Å². The van der Waals surface area contributed by atoms with Crippen LogP contribution in [-0.2, 0) is 10.8 Å². The molecule has 0 spiro atoms. The Morgan fingerprint density at radius 3 is 2.38 bits per heavy atom. The van der Waals surface area contributed by atoms with E-state index in [1.807, 2.05) is 0 Å². The second kappa shape index (κ2) is 9.49. The van der Waals surface area contributed by atoms with Crippen LogP contribution in [0.5, 0.6) is 0 Å². The van der Waals surface area contributed by atoms with Gasteiger partial charge in [-0.05, 0) is 72.5 Å². The number of rotatable bonds is 5. The Labute approximate surface area is 234 Å². The van der Waals surface area contributed by atoms with E-state index in [2.05, 4.69) is 145 Å². The van der Waals surface area contributed by atoms with Crippen LogP contribution in [0.3, 0.4) is 0 Å². The Bertz CT molecular complexity index is 1600. The normalized spacial score (nSPS) is 21.6. The number of fused-ring (bicyclic) bond motifs is 2. The van der Waals surface area contributed by atoms with Crippen LogP contribution in [0.1, 0.15) is 51.7 Å². The third-order valence-electron chi connectivity index (χ3n) is 8.53. The van der Waals surface area contributed by atoms with Crippen molar-refractivity contribution in [2.24, 2.45) is 0 Å². The molecule has 0 saturated carbocycles. The third-order valence-corrected chi connectivity index (χ3v) is 9.62. The highest BCUT2D eigenvalue weighted by Crippen LogP contribution is 2.48. The predicted octanol–water partition coefficient (Wildman–Crippen LogP) is 6.84. The van der Waals surface area contributed by atoms with Crippen molar-refractivity contribution in [3.8, 4) is 0 Å². The van der Waals surface area contributed by atoms with E-state index in [1.165, 1.54) is 50.0 Å². The van der Waals surface area contributed by atoms with Crippen LogP contribution in [0.25, 0.3) is 0 Å². The summed E-state index contributed by atoms with van der Waals surface area (Å²) >= 11 is 1.59. The minimum atomic E-state index is -0.0568. The monoisotopic (exact) mass is 535 g/mol. The lowest BCUT2D eigenvalue weighted by atomic mass is 9.81. The Kier molecular flexibility index (Phi) is 6.22. The number of hydrogen-bond acceptors (Lipinski definition) is 5. The number of aromatic amines is 1. The molecule has 0 fully saturated rings. The van der Waals surface area contributed by atoms with E-state index in [1.54, 1.807) is 11.8 Å². The van der Waals surface area contributed by atoms with Crippen molar-refractivity contribution >= 4 is 28.8 Å². The van der Waals surface area contributed by atoms with E-state index in [0.717, 1.165) is 12.8 Å². The molecule has 39 heavy (non-hydrogen) atoms. The minimum Gasteiger partial charge on any atom is -0.347 e. The number of benzene rings is 2. The minimum absolute atomic E-state index is 0.0568. The first-order valence-electron chi connectivity index (χ1n) is 13.5. The van der Waals surface area contributed by atoms with E-state index in [9.17, 15) is 0 Å². The highest BCUT2D eigenvalue weighted by atomic mass is 32.2. The zero-order chi connectivity index (χ0) is 27.4. The lowest BCUT2D eigenvalue weighted by molar-refractivity contribution is -0.401. The molecule has 198 valence electrons. The van der Waals surface area contributed by atoms with Crippen molar-refractivity contribution < 1.29 is 4.58 Å². The maximum absolute atomic E-state index is 4.24. The number of tetrazole rings is 1. The van der Waals surface area contributed by atoms with Crippen molar-refractivity contribution in [1.82, 2.24) is 20.6 Å². The average Bonchev–Trinajstić information content (AvgIpc) is 3.66. The molecule has 1 aliphatic carbocycles. The summed E-state index contributed by atoms with van der Waals surface area (Å²) < 4.78 is 2.32. The summed E-state index contributed by atoms with van der Waals surface area (Å²) in [5, 5.41) is 15.5. The SMILES string of the molecule is CN1/C(=C/C=C2\CCC(/C=C/C3=[N+](C)c4ccccc4C3(C)C)=C2Sc2nn[nH]n2)C(C)(C)c2ccccc21. The molecule has 7 heteroatoms. The summed E-state index contributed by atoms with van der Waals surface area (Å²) in [6.07, 6.45) is 11.2. The molecule has 0 unspecified atom stereocenters. The molecule has 2 aromatic carbocycles. The van der Waals surface area contributed by atoms with Crippen LogP contribution in [0.15, 0.2) is 99.7 Å². The smallest absolute Gasteiger partial charge is 0.235 e. The number of aromatic nitrogens is 4. The number of para-hydroxylation sites is 2. The number of H-pyrrole nitrogens is 1. The van der Waals surface area contributed by atoms with Crippen LogP contribution >= 0.6 is 11.8 Å². The summed E-state index contributed by atoms with van der Waals surface area (Å²) in [5.41, 5.74) is 10.4. The largest absolute Gasteiger partial charge is 0.347 e. The van der Waals surface area contributed by atoms with Crippen molar-refractivity contribution in [2.75, 3.05) is 19.0 Å². The first kappa shape index (κ1) is 25.6. The van der Waals surface area contributed by atoms with E-state index >= 15 is 0 Å². The van der Waals surface area contributed by atoms with Crippen LogP contribution in [0.4, 0.5) is 11.4 Å². The quantitative estimate of drug-likeness (QED) is 0.363. The van der Waals surface area contributed by atoms with Gasteiger partial charge in [-0.25, -0.2) is 0 Å². The van der Waals surface area contributed by atoms with Crippen LogP contribution in [0, 0.1) is 0 Å². The number of hydrogen-bond donors (Lipinski definition) is 1. The molecule has 6 rings (SSSR count). The summed E-state index contributed by atoms with van der Waals surface area (Å²) in [6, 6.07) is 17.4. The van der Waals surface area contributed by atoms with E-state index in [4.69, 9.17) is 0 Å². The van der Waals surface area contributed by atoms with Gasteiger partial charge >= 0.3 is 0 Å². The van der Waals surface area contributed by atoms with E-state index in [0.29, 0.717) is 5.16 Å². The molecule has 0 amide bonds. The zero-order valence-electron chi connectivity index (χ0n) is 23.5. The first-order valence-corrected chi connectivity index (χ1v) is 14.3. The second-order valence-electron chi connectivity index (χ2n) is 11.5. The van der Waals surface area contributed by atoms with Gasteiger partial charge in [0.05, 0.1) is 5.41 Å². The summed E-state index contributed by atoms with van der Waals surface area (Å²) in [7, 11) is 4.33. The molecule has 3 aliphatic rings. The van der Waals surface area contributed by atoms with Gasteiger partial charge in [0.25, 0.3) is 0 Å². The van der Waals surface area contributed by atoms with Gasteiger partial charge in [0, 0.05) is 46.5 Å². The van der Waals surface area contributed by atoms with Crippen molar-refractivity contribution in [3.63, 3.8) is 0 Å². The maximum atomic E-state index is 4.24. The molecule has 6 nitrogen and oxygen atoms in total. The van der Waals surface area contributed by atoms with E-state index < -0.39 is 0 Å². The lowest BCUT2D eigenvalue weighted by Crippen LogP contribution is -2.26. The van der Waals surface area contributed by atoms with Gasteiger partial charge in [-0.1, -0.05) is 62.4 Å². The van der Waals surface area contributed by atoms with Crippen LogP contribution in [0.2, 0.25) is 0 Å². The molecule has 0 atom stereocenters. The lowest BCUT2D eigenvalue weighted by Gasteiger charge is -2.23. The Balaban J connectivity index is 1.37. The first-order chi connectivity index (χ1) is 18.7. The van der Waals surface area contributed by atoms with Gasteiger partial charge in [0.2, 0.25) is 10.8 Å². The number of allylic oxidation sites excluding steroid dienone is 7. The highest BCUT2D eigenvalue weighted by molar-refractivity contribution is 8.03. The molecule has 0 saturated heterocycles. The molecule has 1 aromatic heterocycles. The fourth-order valence-corrected chi connectivity index (χ4v) is 7.35. The molecule has 1 N–H and O–H groups in total. The standard InChI is InChI=1S/C32H35N6S/c1-31(2)23-11-7-9-13-25(23)37(5)27(31)19-17-21-15-16-22(29(21)39-30-33-35-36-34-30)18-20-28-32(3,4)24-12-8-10-14-26(24)38(28)6/h7-14,17-20H,15-16H2,1-6H3,(H,33,34,35,36)/q+1. The number of likely N-dealkylation sites (N-methyl/N-ethyl adjacent to an activating group) is 1. The number of anilines is 1. The third kappa shape index (κ3) is 4.20. The molecular formula is C32H35N6S+. The fourth-order valence-electron chi connectivity index (χ4n) is 6.40. The highest BCUT2D eigenvalue weighted by Gasteiger charge is 2.42. The Hall–Kier alpha value is -3.71. The molecule has 3 heterocycles.